The highest BCUT2D eigenvalue weighted by atomic mass is 32.1. The molecule has 2 rings (SSSR count). The molecule has 3 N–H and O–H groups in total. The summed E-state index contributed by atoms with van der Waals surface area (Å²) in [6, 6.07) is 3.63. The first-order valence-electron chi connectivity index (χ1n) is 8.33. The summed E-state index contributed by atoms with van der Waals surface area (Å²) < 4.78 is 10.4. The number of carbonyl (C=O) groups excluding carboxylic acids is 3. The van der Waals surface area contributed by atoms with Gasteiger partial charge in [0.15, 0.2) is 18.1 Å². The maximum absolute atomic E-state index is 12.3. The lowest BCUT2D eigenvalue weighted by molar-refractivity contribution is -0.684. The van der Waals surface area contributed by atoms with Crippen molar-refractivity contribution >= 4 is 34.0 Å². The number of rotatable bonds is 8. The number of nitrogens with two attached hydrogens (primary N) is 1. The number of ether oxygens (including phenoxy) is 1. The van der Waals surface area contributed by atoms with Gasteiger partial charge in [0.25, 0.3) is 5.91 Å². The van der Waals surface area contributed by atoms with Crippen LogP contribution in [0, 0.1) is 6.92 Å². The number of hydrogen-bond acceptors (Lipinski definition) is 6. The second kappa shape index (κ2) is 8.77. The van der Waals surface area contributed by atoms with E-state index in [0.717, 1.165) is 17.1 Å². The van der Waals surface area contributed by atoms with E-state index in [1.165, 1.54) is 6.92 Å². The Kier molecular flexibility index (Phi) is 6.70. The number of amides is 1. The molecule has 8 heteroatoms. The molecular formula is C18H23N2O5S+. The molecule has 0 aromatic carbocycles. The normalized spacial score (nSPS) is 11.8. The fourth-order valence-electron chi connectivity index (χ4n) is 2.51. The summed E-state index contributed by atoms with van der Waals surface area (Å²) in [5.41, 5.74) is 0.777. The van der Waals surface area contributed by atoms with Crippen molar-refractivity contribution in [1.29, 1.82) is 0 Å². The van der Waals surface area contributed by atoms with Crippen molar-refractivity contribution in [3.63, 3.8) is 0 Å². The van der Waals surface area contributed by atoms with Crippen LogP contribution in [0.4, 0.5) is 5.00 Å². The van der Waals surface area contributed by atoms with Gasteiger partial charge in [0.1, 0.15) is 11.0 Å². The average Bonchev–Trinajstić information content (AvgIpc) is 3.21. The van der Waals surface area contributed by atoms with Crippen LogP contribution in [-0.2, 0) is 9.53 Å². The van der Waals surface area contributed by atoms with Crippen molar-refractivity contribution in [2.45, 2.75) is 33.7 Å². The minimum absolute atomic E-state index is 0.0156. The molecule has 0 unspecified atom stereocenters. The number of furan rings is 1. The van der Waals surface area contributed by atoms with Gasteiger partial charge >= 0.3 is 5.97 Å². The van der Waals surface area contributed by atoms with Gasteiger partial charge in [0.2, 0.25) is 0 Å². The van der Waals surface area contributed by atoms with E-state index < -0.39 is 5.97 Å². The Hall–Kier alpha value is -2.45. The summed E-state index contributed by atoms with van der Waals surface area (Å²) >= 11 is 1.09. The zero-order valence-corrected chi connectivity index (χ0v) is 16.1. The van der Waals surface area contributed by atoms with Crippen LogP contribution in [0.5, 0.6) is 0 Å². The van der Waals surface area contributed by atoms with Crippen LogP contribution >= 0.6 is 11.3 Å². The minimum atomic E-state index is -0.544. The van der Waals surface area contributed by atoms with Crippen LogP contribution in [0.25, 0.3) is 0 Å². The minimum Gasteiger partial charge on any atom is -0.463 e. The molecule has 1 amide bonds. The molecule has 26 heavy (non-hydrogen) atoms. The Bertz CT molecular complexity index is 795. The number of carbonyl (C=O) groups is 3. The number of quaternary nitrogens is 1. The van der Waals surface area contributed by atoms with Crippen LogP contribution in [0.2, 0.25) is 0 Å². The zero-order chi connectivity index (χ0) is 19.3. The van der Waals surface area contributed by atoms with Gasteiger partial charge in [-0.15, -0.1) is 11.3 Å². The number of hydrogen-bond donors (Lipinski definition) is 2. The van der Waals surface area contributed by atoms with Crippen LogP contribution in [0.15, 0.2) is 22.8 Å². The molecule has 140 valence electrons. The van der Waals surface area contributed by atoms with E-state index in [4.69, 9.17) is 9.15 Å². The maximum Gasteiger partial charge on any atom is 0.341 e. The number of thiophene rings is 1. The lowest BCUT2D eigenvalue weighted by Crippen LogP contribution is -2.86. The van der Waals surface area contributed by atoms with Crippen LogP contribution in [-0.4, -0.2) is 30.8 Å². The Labute approximate surface area is 155 Å². The molecule has 0 aliphatic rings. The van der Waals surface area contributed by atoms with E-state index in [1.54, 1.807) is 26.2 Å². The molecule has 0 aliphatic heterocycles. The highest BCUT2D eigenvalue weighted by Gasteiger charge is 2.25. The van der Waals surface area contributed by atoms with Gasteiger partial charge in [-0.1, -0.05) is 0 Å². The molecule has 2 aromatic rings. The second-order valence-electron chi connectivity index (χ2n) is 5.83. The average molecular weight is 379 g/mol. The third-order valence-corrected chi connectivity index (χ3v) is 5.16. The number of nitrogens with one attached hydrogen (secondary N) is 1. The van der Waals surface area contributed by atoms with Gasteiger partial charge < -0.3 is 19.8 Å². The molecule has 7 nitrogen and oxygen atoms in total. The highest BCUT2D eigenvalue weighted by Crippen LogP contribution is 2.34. The van der Waals surface area contributed by atoms with E-state index >= 15 is 0 Å². The van der Waals surface area contributed by atoms with Crippen molar-refractivity contribution in [2.75, 3.05) is 18.5 Å². The molecule has 0 saturated heterocycles. The third-order valence-electron chi connectivity index (χ3n) is 3.85. The lowest BCUT2D eigenvalue weighted by atomic mass is 10.1. The van der Waals surface area contributed by atoms with E-state index in [1.807, 2.05) is 18.3 Å². The monoisotopic (exact) mass is 379 g/mol. The zero-order valence-electron chi connectivity index (χ0n) is 15.3. The van der Waals surface area contributed by atoms with Crippen molar-refractivity contribution in [1.82, 2.24) is 0 Å². The molecule has 1 atom stereocenters. The van der Waals surface area contributed by atoms with Gasteiger partial charge in [0, 0.05) is 0 Å². The van der Waals surface area contributed by atoms with Crippen molar-refractivity contribution in [3.05, 3.63) is 40.2 Å². The van der Waals surface area contributed by atoms with Crippen LogP contribution in [0.1, 0.15) is 58.2 Å². The first kappa shape index (κ1) is 19.9. The predicted molar refractivity (Wildman–Crippen MR) is 97.6 cm³/mol. The summed E-state index contributed by atoms with van der Waals surface area (Å²) in [6.45, 7) is 7.11. The molecule has 0 fully saturated rings. The Morgan fingerprint density at radius 2 is 2.12 bits per heavy atom. The van der Waals surface area contributed by atoms with E-state index in [-0.39, 0.29) is 36.4 Å². The first-order valence-corrected chi connectivity index (χ1v) is 9.14. The van der Waals surface area contributed by atoms with Gasteiger partial charge in [-0.05, 0) is 45.4 Å². The summed E-state index contributed by atoms with van der Waals surface area (Å²) in [6.07, 6.45) is 1.59. The Morgan fingerprint density at radius 3 is 2.69 bits per heavy atom. The van der Waals surface area contributed by atoms with Gasteiger partial charge in [-0.3, -0.25) is 9.59 Å². The fourth-order valence-corrected chi connectivity index (χ4v) is 3.62. The SMILES string of the molecule is CCOC(=O)c1c(NC(=O)C[NH2+][C@@H](C)c2ccco2)sc(C(C)=O)c1C. The number of anilines is 1. The Morgan fingerprint density at radius 1 is 1.38 bits per heavy atom. The topological polar surface area (TPSA) is 102 Å². The van der Waals surface area contributed by atoms with Crippen molar-refractivity contribution in [2.24, 2.45) is 0 Å². The first-order chi connectivity index (χ1) is 12.3. The summed E-state index contributed by atoms with van der Waals surface area (Å²) in [7, 11) is 0. The highest BCUT2D eigenvalue weighted by molar-refractivity contribution is 7.18. The molecule has 0 spiro atoms. The molecule has 0 bridgehead atoms. The van der Waals surface area contributed by atoms with Gasteiger partial charge in [0.05, 0.1) is 23.3 Å². The molecule has 0 radical (unpaired) electrons. The smallest absolute Gasteiger partial charge is 0.341 e. The molecule has 0 aliphatic carbocycles. The van der Waals surface area contributed by atoms with E-state index in [0.29, 0.717) is 15.4 Å². The van der Waals surface area contributed by atoms with Gasteiger partial charge in [-0.2, -0.15) is 0 Å². The summed E-state index contributed by atoms with van der Waals surface area (Å²) in [4.78, 5) is 36.7. The summed E-state index contributed by atoms with van der Waals surface area (Å²) in [5, 5.41) is 4.90. The largest absolute Gasteiger partial charge is 0.463 e. The van der Waals surface area contributed by atoms with Crippen molar-refractivity contribution in [3.8, 4) is 0 Å². The predicted octanol–water partition coefficient (Wildman–Crippen LogP) is 2.29. The number of Topliss-reactive ketones (excluding diaryl/α,β-unsaturated/α-hetero) is 1. The Balaban J connectivity index is 2.11. The lowest BCUT2D eigenvalue weighted by Gasteiger charge is -2.09. The van der Waals surface area contributed by atoms with Crippen LogP contribution < -0.4 is 10.6 Å². The van der Waals surface area contributed by atoms with Crippen LogP contribution in [0.3, 0.4) is 0 Å². The second-order valence-corrected chi connectivity index (χ2v) is 6.85. The molecule has 2 heterocycles. The maximum atomic E-state index is 12.3. The number of ketones is 1. The summed E-state index contributed by atoms with van der Waals surface area (Å²) in [5.74, 6) is -0.199. The molecular weight excluding hydrogens is 356 g/mol. The van der Waals surface area contributed by atoms with Gasteiger partial charge in [-0.25, -0.2) is 4.79 Å². The van der Waals surface area contributed by atoms with Crippen molar-refractivity contribution < 1.29 is 28.9 Å². The number of esters is 1. The fraction of sp³-hybridized carbons (Fsp3) is 0.389. The molecule has 0 saturated carbocycles. The third kappa shape index (κ3) is 4.59. The van der Waals surface area contributed by atoms with E-state index in [2.05, 4.69) is 5.32 Å². The standard InChI is InChI=1S/C18H22N2O5S/c1-5-24-18(23)15-10(2)16(12(4)21)26-17(15)20-14(22)9-19-11(3)13-7-6-8-25-13/h6-8,11,19H,5,9H2,1-4H3,(H,20,22)/p+1/t11-/m0/s1. The molecule has 2 aromatic heterocycles. The quantitative estimate of drug-likeness (QED) is 0.541. The van der Waals surface area contributed by atoms with E-state index in [9.17, 15) is 14.4 Å².